The number of rotatable bonds is 4. The quantitative estimate of drug-likeness (QED) is 0.823. The summed E-state index contributed by atoms with van der Waals surface area (Å²) in [6.45, 7) is 0.0331. The molecule has 0 aromatic heterocycles. The van der Waals surface area contributed by atoms with Crippen molar-refractivity contribution in [3.63, 3.8) is 0 Å². The molecule has 0 aliphatic carbocycles. The summed E-state index contributed by atoms with van der Waals surface area (Å²) in [7, 11) is 1.24. The van der Waals surface area contributed by atoms with Gasteiger partial charge in [-0.05, 0) is 12.0 Å². The van der Waals surface area contributed by atoms with Gasteiger partial charge in [0.05, 0.1) is 0 Å². The second kappa shape index (κ2) is 6.61. The topological polar surface area (TPSA) is 98.6 Å². The lowest BCUT2D eigenvalue weighted by Crippen LogP contribution is -2.40. The van der Waals surface area contributed by atoms with Crippen LogP contribution in [-0.2, 0) is 11.2 Å². The third kappa shape index (κ3) is 4.42. The largest absolute Gasteiger partial charge is 0.447 e. The Morgan fingerprint density at radius 2 is 1.94 bits per heavy atom. The van der Waals surface area contributed by atoms with Crippen LogP contribution in [-0.4, -0.2) is 36.7 Å². The number of ether oxygens (including phenoxy) is 1. The van der Waals surface area contributed by atoms with E-state index in [-0.39, 0.29) is 12.6 Å². The number of hydrogen-bond donors (Lipinski definition) is 2. The lowest BCUT2D eigenvalue weighted by molar-refractivity contribution is 0.112. The van der Waals surface area contributed by atoms with Crippen LogP contribution >= 0.6 is 0 Å². The maximum absolute atomic E-state index is 11.3. The molecule has 98 valence electrons. The fourth-order valence-corrected chi connectivity index (χ4v) is 1.34. The number of nitrogens with two attached hydrogens (primary N) is 2. The number of nitrogens with zero attached hydrogens (tertiary/aromatic N) is 1. The number of benzene rings is 1. The summed E-state index contributed by atoms with van der Waals surface area (Å²) >= 11 is 0. The smallest absolute Gasteiger partial charge is 0.417 e. The van der Waals surface area contributed by atoms with E-state index in [2.05, 4.69) is 0 Å². The molecule has 6 nitrogen and oxygen atoms in total. The summed E-state index contributed by atoms with van der Waals surface area (Å²) in [6.07, 6.45) is -0.208. The SMILES string of the molecule is CN(C(N)=O)C(=O)OC[C@@H](N)Cc1ccccc1. The van der Waals surface area contributed by atoms with Gasteiger partial charge in [-0.3, -0.25) is 0 Å². The number of primary amides is 1. The van der Waals surface area contributed by atoms with E-state index in [1.54, 1.807) is 0 Å². The van der Waals surface area contributed by atoms with Crippen molar-refractivity contribution >= 4 is 12.1 Å². The van der Waals surface area contributed by atoms with Crippen molar-refractivity contribution in [2.45, 2.75) is 12.5 Å². The highest BCUT2D eigenvalue weighted by molar-refractivity contribution is 5.89. The van der Waals surface area contributed by atoms with E-state index < -0.39 is 12.1 Å². The van der Waals surface area contributed by atoms with Gasteiger partial charge in [0.1, 0.15) is 6.61 Å². The fraction of sp³-hybridized carbons (Fsp3) is 0.333. The first kappa shape index (κ1) is 14.0. The minimum Gasteiger partial charge on any atom is -0.447 e. The predicted molar refractivity (Wildman–Crippen MR) is 66.8 cm³/mol. The molecular weight excluding hydrogens is 234 g/mol. The third-order valence-corrected chi connectivity index (χ3v) is 2.37. The zero-order chi connectivity index (χ0) is 13.5. The highest BCUT2D eigenvalue weighted by Gasteiger charge is 2.16. The number of carbonyl (C=O) groups is 2. The molecule has 0 radical (unpaired) electrons. The van der Waals surface area contributed by atoms with Gasteiger partial charge in [-0.2, -0.15) is 0 Å². The normalized spacial score (nSPS) is 11.7. The van der Waals surface area contributed by atoms with Gasteiger partial charge in [-0.25, -0.2) is 14.5 Å². The molecule has 0 fully saturated rings. The molecule has 18 heavy (non-hydrogen) atoms. The van der Waals surface area contributed by atoms with Gasteiger partial charge in [-0.15, -0.1) is 0 Å². The summed E-state index contributed by atoms with van der Waals surface area (Å²) in [5.74, 6) is 0. The van der Waals surface area contributed by atoms with Crippen LogP contribution in [0.4, 0.5) is 9.59 Å². The van der Waals surface area contributed by atoms with E-state index in [9.17, 15) is 9.59 Å². The Bertz CT molecular complexity index is 408. The van der Waals surface area contributed by atoms with Crippen molar-refractivity contribution in [1.82, 2.24) is 4.90 Å². The summed E-state index contributed by atoms with van der Waals surface area (Å²) < 4.78 is 4.86. The zero-order valence-corrected chi connectivity index (χ0v) is 10.2. The molecule has 3 amide bonds. The highest BCUT2D eigenvalue weighted by atomic mass is 16.6. The molecule has 1 aromatic rings. The Hall–Kier alpha value is -2.08. The third-order valence-electron chi connectivity index (χ3n) is 2.37. The molecule has 6 heteroatoms. The average molecular weight is 251 g/mol. The Kier molecular flexibility index (Phi) is 5.13. The van der Waals surface area contributed by atoms with Gasteiger partial charge < -0.3 is 16.2 Å². The number of imide groups is 1. The van der Waals surface area contributed by atoms with Gasteiger partial charge in [-0.1, -0.05) is 30.3 Å². The molecule has 0 aliphatic heterocycles. The summed E-state index contributed by atoms with van der Waals surface area (Å²) in [4.78, 5) is 22.7. The molecule has 0 heterocycles. The average Bonchev–Trinajstić information content (AvgIpc) is 2.36. The Morgan fingerprint density at radius 3 is 2.50 bits per heavy atom. The van der Waals surface area contributed by atoms with Gasteiger partial charge in [0.25, 0.3) is 0 Å². The first-order valence-corrected chi connectivity index (χ1v) is 5.50. The lowest BCUT2D eigenvalue weighted by atomic mass is 10.1. The molecule has 4 N–H and O–H groups in total. The molecule has 0 saturated carbocycles. The minimum atomic E-state index is -0.864. The minimum absolute atomic E-state index is 0.0331. The predicted octanol–water partition coefficient (Wildman–Crippen LogP) is 0.704. The molecule has 0 aliphatic rings. The molecule has 1 atom stereocenters. The van der Waals surface area contributed by atoms with Crippen molar-refractivity contribution in [2.24, 2.45) is 11.5 Å². The molecule has 0 saturated heterocycles. The maximum Gasteiger partial charge on any atom is 0.417 e. The Balaban J connectivity index is 2.35. The van der Waals surface area contributed by atoms with Crippen LogP contribution in [0.2, 0.25) is 0 Å². The van der Waals surface area contributed by atoms with Crippen molar-refractivity contribution in [2.75, 3.05) is 13.7 Å². The molecular formula is C12H17N3O3. The van der Waals surface area contributed by atoms with Crippen LogP contribution < -0.4 is 11.5 Å². The van der Waals surface area contributed by atoms with Gasteiger partial charge >= 0.3 is 12.1 Å². The van der Waals surface area contributed by atoms with Crippen LogP contribution in [0.3, 0.4) is 0 Å². The molecule has 0 bridgehead atoms. The highest BCUT2D eigenvalue weighted by Crippen LogP contribution is 2.02. The second-order valence-electron chi connectivity index (χ2n) is 3.92. The van der Waals surface area contributed by atoms with Gasteiger partial charge in [0.15, 0.2) is 0 Å². The van der Waals surface area contributed by atoms with Crippen LogP contribution in [0.15, 0.2) is 30.3 Å². The van der Waals surface area contributed by atoms with E-state index in [1.165, 1.54) is 7.05 Å². The summed E-state index contributed by atoms with van der Waals surface area (Å²) in [6, 6.07) is 8.43. The molecule has 1 rings (SSSR count). The lowest BCUT2D eigenvalue weighted by Gasteiger charge is -2.15. The van der Waals surface area contributed by atoms with Crippen LogP contribution in [0.25, 0.3) is 0 Å². The zero-order valence-electron chi connectivity index (χ0n) is 10.2. The van der Waals surface area contributed by atoms with Crippen LogP contribution in [0.5, 0.6) is 0 Å². The van der Waals surface area contributed by atoms with E-state index in [1.807, 2.05) is 30.3 Å². The number of urea groups is 1. The van der Waals surface area contributed by atoms with Crippen molar-refractivity contribution in [1.29, 1.82) is 0 Å². The van der Waals surface area contributed by atoms with E-state index >= 15 is 0 Å². The number of carbonyl (C=O) groups excluding carboxylic acids is 2. The van der Waals surface area contributed by atoms with E-state index in [4.69, 9.17) is 16.2 Å². The maximum atomic E-state index is 11.3. The Morgan fingerprint density at radius 1 is 1.33 bits per heavy atom. The van der Waals surface area contributed by atoms with Gasteiger partial charge in [0, 0.05) is 13.1 Å². The Labute approximate surface area is 105 Å². The van der Waals surface area contributed by atoms with Gasteiger partial charge in [0.2, 0.25) is 0 Å². The molecule has 0 spiro atoms. The monoisotopic (exact) mass is 251 g/mol. The first-order chi connectivity index (χ1) is 8.50. The van der Waals surface area contributed by atoms with Crippen molar-refractivity contribution < 1.29 is 14.3 Å². The molecule has 0 unspecified atom stereocenters. The van der Waals surface area contributed by atoms with Crippen LogP contribution in [0.1, 0.15) is 5.56 Å². The second-order valence-corrected chi connectivity index (χ2v) is 3.92. The number of hydrogen-bond acceptors (Lipinski definition) is 4. The van der Waals surface area contributed by atoms with Crippen molar-refractivity contribution in [3.8, 4) is 0 Å². The van der Waals surface area contributed by atoms with Crippen molar-refractivity contribution in [3.05, 3.63) is 35.9 Å². The van der Waals surface area contributed by atoms with Crippen LogP contribution in [0, 0.1) is 0 Å². The standard InChI is InChI=1S/C12H17N3O3/c1-15(11(14)16)12(17)18-8-10(13)7-9-5-3-2-4-6-9/h2-6,10H,7-8,13H2,1H3,(H2,14,16)/t10-/m0/s1. The summed E-state index contributed by atoms with van der Waals surface area (Å²) in [5.41, 5.74) is 11.8. The summed E-state index contributed by atoms with van der Waals surface area (Å²) in [5, 5.41) is 0. The fourth-order valence-electron chi connectivity index (χ4n) is 1.34. The number of amides is 3. The molecule has 1 aromatic carbocycles. The van der Waals surface area contributed by atoms with E-state index in [0.29, 0.717) is 11.3 Å². The first-order valence-electron chi connectivity index (χ1n) is 5.50. The van der Waals surface area contributed by atoms with E-state index in [0.717, 1.165) is 5.56 Å².